The molecule has 2 aromatic rings. The summed E-state index contributed by atoms with van der Waals surface area (Å²) in [4.78, 5) is 9.60. The molecule has 0 bridgehead atoms. The summed E-state index contributed by atoms with van der Waals surface area (Å²) in [6.07, 6.45) is 8.42. The molecule has 4 nitrogen and oxygen atoms in total. The number of benzene rings is 1. The van der Waals surface area contributed by atoms with E-state index < -0.39 is 0 Å². The summed E-state index contributed by atoms with van der Waals surface area (Å²) in [7, 11) is 5.87. The Balaban J connectivity index is 1.49. The van der Waals surface area contributed by atoms with Crippen LogP contribution in [0.1, 0.15) is 50.3 Å². The maximum Gasteiger partial charge on any atom is 0.126 e. The van der Waals surface area contributed by atoms with Gasteiger partial charge >= 0.3 is 0 Å². The first-order valence-corrected chi connectivity index (χ1v) is 11.3. The third-order valence-corrected chi connectivity index (χ3v) is 6.38. The lowest BCUT2D eigenvalue weighted by Gasteiger charge is -2.28. The summed E-state index contributed by atoms with van der Waals surface area (Å²) in [5.41, 5.74) is 3.79. The topological polar surface area (TPSA) is 49.3 Å². The fourth-order valence-electron chi connectivity index (χ4n) is 4.15. The molecule has 0 amide bonds. The average molecular weight is 419 g/mol. The zero-order chi connectivity index (χ0) is 20.9. The van der Waals surface area contributed by atoms with E-state index in [9.17, 15) is 0 Å². The maximum atomic E-state index is 6.74. The number of nitrogens with one attached hydrogen (secondary N) is 2. The number of aromatic nitrogens is 1. The van der Waals surface area contributed by atoms with Crippen molar-refractivity contribution in [2.24, 2.45) is 4.99 Å². The maximum absolute atomic E-state index is 6.74. The van der Waals surface area contributed by atoms with E-state index in [0.29, 0.717) is 12.6 Å². The van der Waals surface area contributed by atoms with E-state index in [1.165, 1.54) is 32.1 Å². The van der Waals surface area contributed by atoms with Gasteiger partial charge < -0.3 is 10.6 Å². The van der Waals surface area contributed by atoms with Crippen LogP contribution < -0.4 is 16.1 Å². The number of nitrogens with zero attached hydrogens (tertiary/aromatic N) is 2. The lowest BCUT2D eigenvalue weighted by atomic mass is 9.94. The lowest BCUT2D eigenvalue weighted by Crippen LogP contribution is -2.38. The van der Waals surface area contributed by atoms with Crippen molar-refractivity contribution < 1.29 is 0 Å². The van der Waals surface area contributed by atoms with E-state index in [1.807, 2.05) is 42.5 Å². The molecule has 1 aliphatic carbocycles. The summed E-state index contributed by atoms with van der Waals surface area (Å²) >= 11 is 6.74. The predicted molar refractivity (Wildman–Crippen MR) is 128 cm³/mol. The van der Waals surface area contributed by atoms with Crippen LogP contribution >= 0.6 is 11.6 Å². The Morgan fingerprint density at radius 3 is 2.70 bits per heavy atom. The van der Waals surface area contributed by atoms with Crippen molar-refractivity contribution in [1.82, 2.24) is 10.3 Å². The second kappa shape index (κ2) is 9.70. The van der Waals surface area contributed by atoms with Crippen LogP contribution in [0.5, 0.6) is 0 Å². The van der Waals surface area contributed by atoms with Gasteiger partial charge in [-0.3, -0.25) is 4.99 Å². The number of rotatable bonds is 5. The molecular weight excluding hydrogens is 391 g/mol. The van der Waals surface area contributed by atoms with Gasteiger partial charge in [-0.25, -0.2) is 4.98 Å². The van der Waals surface area contributed by atoms with Gasteiger partial charge in [0.05, 0.1) is 17.1 Å². The number of anilines is 1. The highest BCUT2D eigenvalue weighted by molar-refractivity contribution is 6.32. The minimum Gasteiger partial charge on any atom is -0.368 e. The molecule has 0 spiro atoms. The molecule has 2 unspecified atom stereocenters. The number of halogens is 1. The summed E-state index contributed by atoms with van der Waals surface area (Å²) in [6.45, 7) is 2.73. The normalized spacial score (nSPS) is 22.2. The van der Waals surface area contributed by atoms with Crippen molar-refractivity contribution in [2.45, 2.75) is 63.0 Å². The summed E-state index contributed by atoms with van der Waals surface area (Å²) in [5.74, 6) is 1.75. The van der Waals surface area contributed by atoms with Crippen LogP contribution in [0.4, 0.5) is 5.82 Å². The number of hydrogen-bond acceptors (Lipinski definition) is 4. The Morgan fingerprint density at radius 2 is 1.90 bits per heavy atom. The quantitative estimate of drug-likeness (QED) is 0.565. The molecular formula is C24H28BClN4. The number of aliphatic imine (C=N–C) groups is 1. The Hall–Kier alpha value is -2.27. The number of amidine groups is 1. The average Bonchev–Trinajstić information content (AvgIpc) is 2.76. The van der Waals surface area contributed by atoms with Gasteiger partial charge in [0.1, 0.15) is 19.5 Å². The molecule has 2 atom stereocenters. The summed E-state index contributed by atoms with van der Waals surface area (Å²) in [6, 6.07) is 14.4. The van der Waals surface area contributed by atoms with Crippen molar-refractivity contribution in [1.29, 1.82) is 0 Å². The Labute approximate surface area is 185 Å². The van der Waals surface area contributed by atoms with Crippen LogP contribution in [0, 0.1) is 0 Å². The number of hydrogen-bond donors (Lipinski definition) is 2. The van der Waals surface area contributed by atoms with E-state index >= 15 is 0 Å². The molecule has 30 heavy (non-hydrogen) atoms. The molecule has 1 saturated carbocycles. The zero-order valence-corrected chi connectivity index (χ0v) is 18.2. The van der Waals surface area contributed by atoms with Gasteiger partial charge in [0, 0.05) is 18.2 Å². The number of alkyl halides is 1. The molecule has 6 heteroatoms. The molecule has 2 N–H and O–H groups in total. The minimum atomic E-state index is -0.196. The summed E-state index contributed by atoms with van der Waals surface area (Å²) in [5, 5.41) is 6.83. The highest BCUT2D eigenvalue weighted by Gasteiger charge is 2.27. The van der Waals surface area contributed by atoms with Gasteiger partial charge in [0.25, 0.3) is 0 Å². The molecule has 1 fully saturated rings. The molecule has 4 rings (SSSR count). The first-order valence-electron chi connectivity index (χ1n) is 10.8. The molecule has 154 valence electrons. The molecule has 1 aromatic carbocycles. The minimum absolute atomic E-state index is 0.00321. The fraction of sp³-hybridized carbons (Fsp3) is 0.417. The highest BCUT2D eigenvalue weighted by atomic mass is 35.5. The Morgan fingerprint density at radius 1 is 1.10 bits per heavy atom. The van der Waals surface area contributed by atoms with Crippen molar-refractivity contribution >= 4 is 42.1 Å². The van der Waals surface area contributed by atoms with E-state index in [2.05, 4.69) is 23.6 Å². The van der Waals surface area contributed by atoms with Crippen molar-refractivity contribution in [3.05, 3.63) is 59.8 Å². The molecule has 2 radical (unpaired) electrons. The van der Waals surface area contributed by atoms with Crippen LogP contribution in [0.15, 0.2) is 53.5 Å². The van der Waals surface area contributed by atoms with Crippen LogP contribution in [-0.4, -0.2) is 36.1 Å². The molecule has 0 saturated heterocycles. The largest absolute Gasteiger partial charge is 0.368 e. The number of dihydropyridines is 1. The Kier molecular flexibility index (Phi) is 6.78. The second-order valence-electron chi connectivity index (χ2n) is 8.24. The van der Waals surface area contributed by atoms with Crippen LogP contribution in [-0.2, 0) is 6.54 Å². The van der Waals surface area contributed by atoms with Crippen LogP contribution in [0.25, 0.3) is 5.57 Å². The number of pyridine rings is 1. The molecule has 1 aromatic heterocycles. The first-order chi connectivity index (χ1) is 14.6. The van der Waals surface area contributed by atoms with Crippen LogP contribution in [0.2, 0.25) is 0 Å². The first kappa shape index (κ1) is 21.0. The van der Waals surface area contributed by atoms with Gasteiger partial charge in [0.15, 0.2) is 0 Å². The molecule has 1 aliphatic heterocycles. The van der Waals surface area contributed by atoms with Gasteiger partial charge in [0.2, 0.25) is 0 Å². The third kappa shape index (κ3) is 5.26. The fourth-order valence-corrected chi connectivity index (χ4v) is 4.38. The van der Waals surface area contributed by atoms with E-state index in [4.69, 9.17) is 29.4 Å². The van der Waals surface area contributed by atoms with Crippen molar-refractivity contribution in [3.63, 3.8) is 0 Å². The highest BCUT2D eigenvalue weighted by Crippen LogP contribution is 2.29. The van der Waals surface area contributed by atoms with Gasteiger partial charge in [-0.1, -0.05) is 55.1 Å². The monoisotopic (exact) mass is 418 g/mol. The van der Waals surface area contributed by atoms with Crippen molar-refractivity contribution in [2.75, 3.05) is 5.32 Å². The van der Waals surface area contributed by atoms with Gasteiger partial charge in [-0.05, 0) is 43.5 Å². The van der Waals surface area contributed by atoms with Gasteiger partial charge in [-0.2, -0.15) is 0 Å². The molecule has 2 aliphatic rings. The third-order valence-electron chi connectivity index (χ3n) is 5.78. The van der Waals surface area contributed by atoms with Gasteiger partial charge in [-0.15, -0.1) is 11.6 Å². The van der Waals surface area contributed by atoms with E-state index in [1.54, 1.807) is 0 Å². The predicted octanol–water partition coefficient (Wildman–Crippen LogP) is 4.20. The van der Waals surface area contributed by atoms with E-state index in [0.717, 1.165) is 33.9 Å². The standard InChI is InChI=1S/C24H28BClN4/c1-16-24(26)20(14-23(28-16)29-19-9-3-2-4-10-19)21-11-6-12-22(30-21)27-15-17-7-5-8-18(25)13-17/h5-8,11-14,16,19,24H,2-4,9-10,15H2,1H3,(H,27,30)(H,28,29). The summed E-state index contributed by atoms with van der Waals surface area (Å²) < 4.78 is 0. The van der Waals surface area contributed by atoms with Crippen molar-refractivity contribution in [3.8, 4) is 0 Å². The Bertz CT molecular complexity index is 936. The molecule has 2 heterocycles. The van der Waals surface area contributed by atoms with E-state index in [-0.39, 0.29) is 11.4 Å². The SMILES string of the molecule is [B]c1cccc(CNc2cccc(C3=CC(NC4CCCCC4)=NC(C)C3Cl)n2)c1. The zero-order valence-electron chi connectivity index (χ0n) is 17.4. The lowest BCUT2D eigenvalue weighted by molar-refractivity contribution is 0.413. The second-order valence-corrected chi connectivity index (χ2v) is 8.71. The smallest absolute Gasteiger partial charge is 0.126 e. The van der Waals surface area contributed by atoms with Crippen LogP contribution in [0.3, 0.4) is 0 Å².